The number of halogens is 1. The first-order valence-electron chi connectivity index (χ1n) is 10.9. The minimum Gasteiger partial charge on any atom is -0.337 e. The van der Waals surface area contributed by atoms with Crippen molar-refractivity contribution in [1.29, 1.82) is 0 Å². The Bertz CT molecular complexity index is 1400. The van der Waals surface area contributed by atoms with Crippen molar-refractivity contribution in [2.24, 2.45) is 0 Å². The quantitative estimate of drug-likeness (QED) is 0.584. The zero-order chi connectivity index (χ0) is 23.2. The van der Waals surface area contributed by atoms with Crippen LogP contribution >= 0.6 is 0 Å². The molecule has 3 heterocycles. The molecule has 0 unspecified atom stereocenters. The maximum absolute atomic E-state index is 13.2. The lowest BCUT2D eigenvalue weighted by atomic mass is 10.1. The van der Waals surface area contributed by atoms with E-state index in [0.29, 0.717) is 36.0 Å². The van der Waals surface area contributed by atoms with Crippen LogP contribution in [-0.4, -0.2) is 59.3 Å². The predicted molar refractivity (Wildman–Crippen MR) is 120 cm³/mol. The predicted octanol–water partition coefficient (Wildman–Crippen LogP) is 2.02. The molecule has 172 valence electrons. The maximum Gasteiger partial charge on any atom is 0.261 e. The Balaban J connectivity index is 1.36. The van der Waals surface area contributed by atoms with Crippen LogP contribution in [0, 0.1) is 5.82 Å². The molecule has 33 heavy (non-hydrogen) atoms. The molecule has 0 spiro atoms. The van der Waals surface area contributed by atoms with Gasteiger partial charge in [-0.05, 0) is 55.3 Å². The lowest BCUT2D eigenvalue weighted by Crippen LogP contribution is -2.37. The fourth-order valence-corrected chi connectivity index (χ4v) is 5.96. The molecule has 5 rings (SSSR count). The minimum absolute atomic E-state index is 0.0306. The summed E-state index contributed by atoms with van der Waals surface area (Å²) in [5, 5.41) is 0.490. The summed E-state index contributed by atoms with van der Waals surface area (Å²) in [6, 6.07) is 9.67. The van der Waals surface area contributed by atoms with Crippen LogP contribution in [0.2, 0.25) is 0 Å². The average Bonchev–Trinajstić information content (AvgIpc) is 3.13. The molecule has 3 aromatic rings. The molecular formula is C23H23FN4O4S. The van der Waals surface area contributed by atoms with Crippen molar-refractivity contribution in [2.75, 3.05) is 26.2 Å². The van der Waals surface area contributed by atoms with Crippen LogP contribution in [0.25, 0.3) is 10.9 Å². The molecule has 8 nitrogen and oxygen atoms in total. The molecule has 0 saturated carbocycles. The zero-order valence-corrected chi connectivity index (χ0v) is 18.7. The van der Waals surface area contributed by atoms with E-state index in [4.69, 9.17) is 0 Å². The Labute approximate surface area is 190 Å². The average molecular weight is 471 g/mol. The monoisotopic (exact) mass is 470 g/mol. The third-order valence-electron chi connectivity index (χ3n) is 6.26. The van der Waals surface area contributed by atoms with Gasteiger partial charge in [0, 0.05) is 44.7 Å². The van der Waals surface area contributed by atoms with Crippen LogP contribution in [-0.2, 0) is 23.0 Å². The molecule has 2 aromatic carbocycles. The number of carbonyl (C=O) groups excluding carboxylic acids is 1. The topological polar surface area (TPSA) is 92.6 Å². The number of amides is 1. The Morgan fingerprint density at radius 1 is 0.939 bits per heavy atom. The van der Waals surface area contributed by atoms with Crippen LogP contribution in [0.15, 0.2) is 52.2 Å². The van der Waals surface area contributed by atoms with Crippen LogP contribution < -0.4 is 5.56 Å². The van der Waals surface area contributed by atoms with Gasteiger partial charge in [-0.3, -0.25) is 14.2 Å². The summed E-state index contributed by atoms with van der Waals surface area (Å²) >= 11 is 0. The van der Waals surface area contributed by atoms with Crippen LogP contribution in [0.3, 0.4) is 0 Å². The van der Waals surface area contributed by atoms with Gasteiger partial charge in [-0.1, -0.05) is 0 Å². The maximum atomic E-state index is 13.2. The van der Waals surface area contributed by atoms with Gasteiger partial charge in [-0.25, -0.2) is 17.8 Å². The molecule has 0 radical (unpaired) electrons. The van der Waals surface area contributed by atoms with Crippen molar-refractivity contribution < 1.29 is 17.6 Å². The molecule has 0 aliphatic carbocycles. The van der Waals surface area contributed by atoms with Crippen LogP contribution in [0.1, 0.15) is 29.0 Å². The molecule has 0 N–H and O–H groups in total. The first-order chi connectivity index (χ1) is 15.8. The summed E-state index contributed by atoms with van der Waals surface area (Å²) in [5.74, 6) is 0.0213. The van der Waals surface area contributed by atoms with E-state index in [-0.39, 0.29) is 36.0 Å². The molecule has 2 aliphatic rings. The van der Waals surface area contributed by atoms with E-state index in [2.05, 4.69) is 4.98 Å². The Hall–Kier alpha value is -3.11. The number of sulfonamides is 1. The fraction of sp³-hybridized carbons (Fsp3) is 0.348. The normalized spacial score (nSPS) is 17.2. The summed E-state index contributed by atoms with van der Waals surface area (Å²) < 4.78 is 42.1. The van der Waals surface area contributed by atoms with Gasteiger partial charge in [0.05, 0.1) is 15.8 Å². The molecule has 1 amide bonds. The van der Waals surface area contributed by atoms with Crippen molar-refractivity contribution in [2.45, 2.75) is 30.7 Å². The van der Waals surface area contributed by atoms with E-state index in [1.54, 1.807) is 27.7 Å². The third kappa shape index (κ3) is 3.93. The van der Waals surface area contributed by atoms with Gasteiger partial charge in [0.25, 0.3) is 11.5 Å². The van der Waals surface area contributed by atoms with E-state index >= 15 is 0 Å². The van der Waals surface area contributed by atoms with Crippen molar-refractivity contribution in [1.82, 2.24) is 18.8 Å². The van der Waals surface area contributed by atoms with Gasteiger partial charge < -0.3 is 4.90 Å². The number of aromatic nitrogens is 2. The lowest BCUT2D eigenvalue weighted by Gasteiger charge is -2.22. The first kappa shape index (κ1) is 21.7. The molecule has 2 aliphatic heterocycles. The Morgan fingerprint density at radius 3 is 2.52 bits per heavy atom. The number of benzene rings is 2. The largest absolute Gasteiger partial charge is 0.337 e. The summed E-state index contributed by atoms with van der Waals surface area (Å²) in [6.45, 7) is 1.73. The molecule has 1 aromatic heterocycles. The molecular weight excluding hydrogens is 447 g/mol. The second kappa shape index (κ2) is 8.35. The third-order valence-corrected chi connectivity index (χ3v) is 8.17. The summed E-state index contributed by atoms with van der Waals surface area (Å²) in [4.78, 5) is 32.1. The highest BCUT2D eigenvalue weighted by Crippen LogP contribution is 2.20. The summed E-state index contributed by atoms with van der Waals surface area (Å²) in [6.07, 6.45) is 2.11. The van der Waals surface area contributed by atoms with E-state index < -0.39 is 15.8 Å². The zero-order valence-electron chi connectivity index (χ0n) is 17.9. The van der Waals surface area contributed by atoms with E-state index in [0.717, 1.165) is 30.8 Å². The highest BCUT2D eigenvalue weighted by atomic mass is 32.2. The standard InChI is InChI=1S/C23H23FN4O4S/c24-17-5-7-18(8-6-17)33(31,32)27-11-2-10-26(13-14-27)22(29)16-4-9-19-20(15-16)25-21-3-1-12-28(21)23(19)30/h4-9,15H,1-3,10-14H2. The Kier molecular flexibility index (Phi) is 5.49. The van der Waals surface area contributed by atoms with Crippen LogP contribution in [0.4, 0.5) is 4.39 Å². The van der Waals surface area contributed by atoms with Crippen molar-refractivity contribution in [3.8, 4) is 0 Å². The summed E-state index contributed by atoms with van der Waals surface area (Å²) in [5.41, 5.74) is 0.851. The second-order valence-corrected chi connectivity index (χ2v) is 10.3. The molecule has 1 saturated heterocycles. The van der Waals surface area contributed by atoms with Gasteiger partial charge in [-0.2, -0.15) is 4.31 Å². The van der Waals surface area contributed by atoms with Gasteiger partial charge in [-0.15, -0.1) is 0 Å². The highest BCUT2D eigenvalue weighted by Gasteiger charge is 2.29. The number of carbonyl (C=O) groups is 1. The van der Waals surface area contributed by atoms with E-state index in [9.17, 15) is 22.4 Å². The SMILES string of the molecule is O=C(c1ccc2c(=O)n3c(nc2c1)CCC3)N1CCCN(S(=O)(=O)c2ccc(F)cc2)CC1. The van der Waals surface area contributed by atoms with Crippen molar-refractivity contribution >= 4 is 26.8 Å². The first-order valence-corrected chi connectivity index (χ1v) is 12.4. The van der Waals surface area contributed by atoms with Gasteiger partial charge in [0.2, 0.25) is 10.0 Å². The molecule has 0 atom stereocenters. The van der Waals surface area contributed by atoms with Gasteiger partial charge in [0.15, 0.2) is 0 Å². The molecule has 0 bridgehead atoms. The number of hydrogen-bond donors (Lipinski definition) is 0. The lowest BCUT2D eigenvalue weighted by molar-refractivity contribution is 0.0764. The molecule has 1 fully saturated rings. The van der Waals surface area contributed by atoms with Crippen LogP contribution in [0.5, 0.6) is 0 Å². The number of rotatable bonds is 3. The highest BCUT2D eigenvalue weighted by molar-refractivity contribution is 7.89. The van der Waals surface area contributed by atoms with Crippen molar-refractivity contribution in [3.05, 3.63) is 70.0 Å². The number of nitrogens with zero attached hydrogens (tertiary/aromatic N) is 4. The summed E-state index contributed by atoms with van der Waals surface area (Å²) in [7, 11) is -3.77. The minimum atomic E-state index is -3.77. The van der Waals surface area contributed by atoms with Gasteiger partial charge >= 0.3 is 0 Å². The fourth-order valence-electron chi connectivity index (χ4n) is 4.49. The second-order valence-electron chi connectivity index (χ2n) is 8.32. The smallest absolute Gasteiger partial charge is 0.261 e. The number of fused-ring (bicyclic) bond motifs is 2. The Morgan fingerprint density at radius 2 is 1.73 bits per heavy atom. The van der Waals surface area contributed by atoms with E-state index in [1.807, 2.05) is 0 Å². The van der Waals surface area contributed by atoms with Gasteiger partial charge in [0.1, 0.15) is 11.6 Å². The van der Waals surface area contributed by atoms with E-state index in [1.165, 1.54) is 16.4 Å². The van der Waals surface area contributed by atoms with Crippen molar-refractivity contribution in [3.63, 3.8) is 0 Å². The molecule has 10 heteroatoms. The number of aryl methyl sites for hydroxylation is 1. The number of hydrogen-bond acceptors (Lipinski definition) is 5.